The predicted molar refractivity (Wildman–Crippen MR) is 69.1 cm³/mol. The van der Waals surface area contributed by atoms with E-state index in [1.807, 2.05) is 32.0 Å². The second-order valence-electron chi connectivity index (χ2n) is 4.31. The van der Waals surface area contributed by atoms with E-state index in [9.17, 15) is 0 Å². The smallest absolute Gasteiger partial charge is 0.138 e. The summed E-state index contributed by atoms with van der Waals surface area (Å²) in [5.74, 6) is 1.76. The van der Waals surface area contributed by atoms with E-state index in [1.54, 1.807) is 0 Å². The van der Waals surface area contributed by atoms with Gasteiger partial charge in [0.15, 0.2) is 0 Å². The number of nitrogens with one attached hydrogen (secondary N) is 2. The van der Waals surface area contributed by atoms with Crippen molar-refractivity contribution in [3.05, 3.63) is 42.0 Å². The molecule has 0 atom stereocenters. The van der Waals surface area contributed by atoms with Crippen LogP contribution in [-0.4, -0.2) is 21.3 Å². The van der Waals surface area contributed by atoms with Gasteiger partial charge in [-0.1, -0.05) is 18.2 Å². The first kappa shape index (κ1) is 12.6. The molecule has 0 amide bonds. The van der Waals surface area contributed by atoms with Gasteiger partial charge >= 0.3 is 0 Å². The summed E-state index contributed by atoms with van der Waals surface area (Å²) in [5, 5.41) is 9.92. The van der Waals surface area contributed by atoms with Crippen molar-refractivity contribution in [1.29, 1.82) is 0 Å². The molecule has 1 aromatic carbocycles. The van der Waals surface area contributed by atoms with Crippen molar-refractivity contribution in [3.8, 4) is 5.75 Å². The molecule has 0 saturated carbocycles. The molecule has 0 saturated heterocycles. The van der Waals surface area contributed by atoms with Crippen molar-refractivity contribution in [3.63, 3.8) is 0 Å². The van der Waals surface area contributed by atoms with Crippen LogP contribution < -0.4 is 10.1 Å². The molecule has 2 aromatic rings. The van der Waals surface area contributed by atoms with Crippen molar-refractivity contribution in [1.82, 2.24) is 20.5 Å². The molecule has 0 radical (unpaired) electrons. The molecule has 2 N–H and O–H groups in total. The monoisotopic (exact) mass is 246 g/mol. The maximum Gasteiger partial charge on any atom is 0.138 e. The van der Waals surface area contributed by atoms with E-state index in [-0.39, 0.29) is 6.10 Å². The van der Waals surface area contributed by atoms with Crippen LogP contribution in [0.5, 0.6) is 5.75 Å². The largest absolute Gasteiger partial charge is 0.491 e. The number of rotatable bonds is 6. The SMILES string of the molecule is CC(C)Oc1ccccc1CNCc1ncn[nH]1. The molecule has 1 aromatic heterocycles. The lowest BCUT2D eigenvalue weighted by Gasteiger charge is -2.14. The molecule has 0 aliphatic rings. The lowest BCUT2D eigenvalue weighted by atomic mass is 10.2. The van der Waals surface area contributed by atoms with Crippen molar-refractivity contribution in [2.45, 2.75) is 33.0 Å². The van der Waals surface area contributed by atoms with E-state index in [0.29, 0.717) is 6.54 Å². The van der Waals surface area contributed by atoms with Crippen molar-refractivity contribution >= 4 is 0 Å². The summed E-state index contributed by atoms with van der Waals surface area (Å²) in [6.45, 7) is 5.46. The summed E-state index contributed by atoms with van der Waals surface area (Å²) in [4.78, 5) is 4.06. The fourth-order valence-electron chi connectivity index (χ4n) is 1.65. The van der Waals surface area contributed by atoms with Crippen LogP contribution in [0.15, 0.2) is 30.6 Å². The van der Waals surface area contributed by atoms with Crippen molar-refractivity contribution in [2.75, 3.05) is 0 Å². The van der Waals surface area contributed by atoms with Crippen LogP contribution in [0.25, 0.3) is 0 Å². The molecule has 0 bridgehead atoms. The summed E-state index contributed by atoms with van der Waals surface area (Å²) in [5.41, 5.74) is 1.14. The molecule has 0 aliphatic carbocycles. The lowest BCUT2D eigenvalue weighted by Crippen LogP contribution is -2.15. The number of para-hydroxylation sites is 1. The minimum absolute atomic E-state index is 0.181. The summed E-state index contributed by atoms with van der Waals surface area (Å²) in [7, 11) is 0. The quantitative estimate of drug-likeness (QED) is 0.817. The second kappa shape index (κ2) is 6.16. The zero-order valence-corrected chi connectivity index (χ0v) is 10.7. The molecule has 1 heterocycles. The Bertz CT molecular complexity index is 468. The normalized spacial score (nSPS) is 10.8. The van der Waals surface area contributed by atoms with Crippen LogP contribution in [0.4, 0.5) is 0 Å². The fourth-order valence-corrected chi connectivity index (χ4v) is 1.65. The highest BCUT2D eigenvalue weighted by atomic mass is 16.5. The van der Waals surface area contributed by atoms with Crippen LogP contribution in [0, 0.1) is 0 Å². The van der Waals surface area contributed by atoms with Crippen LogP contribution in [0.2, 0.25) is 0 Å². The van der Waals surface area contributed by atoms with Gasteiger partial charge < -0.3 is 10.1 Å². The predicted octanol–water partition coefficient (Wildman–Crippen LogP) is 1.88. The van der Waals surface area contributed by atoms with Gasteiger partial charge in [-0.3, -0.25) is 5.10 Å². The first-order valence-electron chi connectivity index (χ1n) is 6.05. The molecular weight excluding hydrogens is 228 g/mol. The van der Waals surface area contributed by atoms with E-state index in [2.05, 4.69) is 26.6 Å². The summed E-state index contributed by atoms with van der Waals surface area (Å²) < 4.78 is 5.76. The zero-order chi connectivity index (χ0) is 12.8. The first-order valence-corrected chi connectivity index (χ1v) is 6.05. The number of benzene rings is 1. The first-order chi connectivity index (χ1) is 8.75. The Labute approximate surface area is 107 Å². The van der Waals surface area contributed by atoms with Gasteiger partial charge in [0.1, 0.15) is 17.9 Å². The van der Waals surface area contributed by atoms with Crippen molar-refractivity contribution < 1.29 is 4.74 Å². The van der Waals surface area contributed by atoms with Crippen LogP contribution in [0.1, 0.15) is 25.2 Å². The standard InChI is InChI=1S/C13H18N4O/c1-10(2)18-12-6-4-3-5-11(12)7-14-8-13-15-9-16-17-13/h3-6,9-10,14H,7-8H2,1-2H3,(H,15,16,17). The Morgan fingerprint density at radius 2 is 2.11 bits per heavy atom. The second-order valence-corrected chi connectivity index (χ2v) is 4.31. The minimum atomic E-state index is 0.181. The maximum absolute atomic E-state index is 5.76. The Kier molecular flexibility index (Phi) is 4.30. The Balaban J connectivity index is 1.92. The van der Waals surface area contributed by atoms with E-state index >= 15 is 0 Å². The number of aromatic amines is 1. The number of aromatic nitrogens is 3. The fraction of sp³-hybridized carbons (Fsp3) is 0.385. The van der Waals surface area contributed by atoms with Gasteiger partial charge in [0.05, 0.1) is 12.6 Å². The van der Waals surface area contributed by atoms with E-state index in [0.717, 1.165) is 23.7 Å². The number of H-pyrrole nitrogens is 1. The highest BCUT2D eigenvalue weighted by Gasteiger charge is 2.04. The van der Waals surface area contributed by atoms with Gasteiger partial charge in [-0.2, -0.15) is 5.10 Å². The van der Waals surface area contributed by atoms with Crippen LogP contribution >= 0.6 is 0 Å². The topological polar surface area (TPSA) is 62.8 Å². The average molecular weight is 246 g/mol. The molecule has 5 heteroatoms. The van der Waals surface area contributed by atoms with E-state index < -0.39 is 0 Å². The van der Waals surface area contributed by atoms with Gasteiger partial charge in [0.2, 0.25) is 0 Å². The maximum atomic E-state index is 5.76. The number of ether oxygens (including phenoxy) is 1. The van der Waals surface area contributed by atoms with Gasteiger partial charge in [0, 0.05) is 12.1 Å². The van der Waals surface area contributed by atoms with E-state index in [1.165, 1.54) is 6.33 Å². The summed E-state index contributed by atoms with van der Waals surface area (Å²) >= 11 is 0. The molecule has 0 fully saturated rings. The van der Waals surface area contributed by atoms with Gasteiger partial charge in [0.25, 0.3) is 0 Å². The summed E-state index contributed by atoms with van der Waals surface area (Å²) in [6.07, 6.45) is 1.69. The minimum Gasteiger partial charge on any atom is -0.491 e. The van der Waals surface area contributed by atoms with E-state index in [4.69, 9.17) is 4.74 Å². The van der Waals surface area contributed by atoms with Gasteiger partial charge in [-0.15, -0.1) is 0 Å². The Hall–Kier alpha value is -1.88. The van der Waals surface area contributed by atoms with Crippen LogP contribution in [-0.2, 0) is 13.1 Å². The number of hydrogen-bond acceptors (Lipinski definition) is 4. The third-order valence-electron chi connectivity index (χ3n) is 2.41. The molecule has 96 valence electrons. The average Bonchev–Trinajstić information content (AvgIpc) is 2.84. The third kappa shape index (κ3) is 3.56. The number of nitrogens with zero attached hydrogens (tertiary/aromatic N) is 2. The molecule has 5 nitrogen and oxygen atoms in total. The Morgan fingerprint density at radius 3 is 2.83 bits per heavy atom. The van der Waals surface area contributed by atoms with Gasteiger partial charge in [-0.05, 0) is 19.9 Å². The molecular formula is C13H18N4O. The summed E-state index contributed by atoms with van der Waals surface area (Å²) in [6, 6.07) is 8.05. The zero-order valence-electron chi connectivity index (χ0n) is 10.7. The molecule has 0 aliphatic heterocycles. The molecule has 2 rings (SSSR count). The van der Waals surface area contributed by atoms with Gasteiger partial charge in [-0.25, -0.2) is 4.98 Å². The lowest BCUT2D eigenvalue weighted by molar-refractivity contribution is 0.239. The van der Waals surface area contributed by atoms with Crippen LogP contribution in [0.3, 0.4) is 0 Å². The highest BCUT2D eigenvalue weighted by Crippen LogP contribution is 2.19. The highest BCUT2D eigenvalue weighted by molar-refractivity contribution is 5.33. The molecule has 18 heavy (non-hydrogen) atoms. The molecule has 0 spiro atoms. The third-order valence-corrected chi connectivity index (χ3v) is 2.41. The van der Waals surface area contributed by atoms with Crippen molar-refractivity contribution in [2.24, 2.45) is 0 Å². The Morgan fingerprint density at radius 1 is 1.28 bits per heavy atom. The molecule has 0 unspecified atom stereocenters. The number of hydrogen-bond donors (Lipinski definition) is 2.